The maximum absolute atomic E-state index is 13.0. The second-order valence-corrected chi connectivity index (χ2v) is 7.18. The fourth-order valence-electron chi connectivity index (χ4n) is 3.28. The van der Waals surface area contributed by atoms with Gasteiger partial charge in [0.15, 0.2) is 5.69 Å². The van der Waals surface area contributed by atoms with Crippen molar-refractivity contribution in [3.8, 4) is 0 Å². The number of carbonyl (C=O) groups excluding carboxylic acids is 2. The van der Waals surface area contributed by atoms with Gasteiger partial charge in [0.25, 0.3) is 11.8 Å². The van der Waals surface area contributed by atoms with Crippen molar-refractivity contribution < 1.29 is 9.59 Å². The van der Waals surface area contributed by atoms with E-state index in [1.807, 2.05) is 68.4 Å². The number of benzene rings is 2. The van der Waals surface area contributed by atoms with Crippen LogP contribution in [0, 0.1) is 13.8 Å². The zero-order chi connectivity index (χ0) is 21.1. The Morgan fingerprint density at radius 3 is 2.50 bits per heavy atom. The molecule has 0 unspecified atom stereocenters. The smallest absolute Gasteiger partial charge is 0.292 e. The molecule has 6 nitrogen and oxygen atoms in total. The van der Waals surface area contributed by atoms with Crippen molar-refractivity contribution in [3.63, 3.8) is 0 Å². The maximum Gasteiger partial charge on any atom is 0.292 e. The molecule has 30 heavy (non-hydrogen) atoms. The van der Waals surface area contributed by atoms with Gasteiger partial charge in [0.1, 0.15) is 0 Å². The molecule has 2 N–H and O–H groups in total. The van der Waals surface area contributed by atoms with E-state index in [2.05, 4.69) is 15.6 Å². The predicted octanol–water partition coefficient (Wildman–Crippen LogP) is 4.13. The van der Waals surface area contributed by atoms with Crippen molar-refractivity contribution in [2.45, 2.75) is 20.4 Å². The van der Waals surface area contributed by atoms with E-state index in [-0.39, 0.29) is 23.3 Å². The number of rotatable bonds is 5. The second kappa shape index (κ2) is 8.21. The first-order chi connectivity index (χ1) is 14.5. The van der Waals surface area contributed by atoms with Crippen LogP contribution in [0.2, 0.25) is 0 Å². The number of hydrogen-bond acceptors (Lipinski definition) is 3. The number of aryl methyl sites for hydroxylation is 2. The quantitative estimate of drug-likeness (QED) is 0.531. The van der Waals surface area contributed by atoms with E-state index in [1.165, 1.54) is 0 Å². The molecule has 0 atom stereocenters. The van der Waals surface area contributed by atoms with Gasteiger partial charge >= 0.3 is 0 Å². The lowest BCUT2D eigenvalue weighted by molar-refractivity contribution is 0.0948. The van der Waals surface area contributed by atoms with Gasteiger partial charge in [-0.3, -0.25) is 14.0 Å². The molecule has 2 aromatic heterocycles. The Kier molecular flexibility index (Phi) is 5.30. The first-order valence-corrected chi connectivity index (χ1v) is 9.71. The Hall–Kier alpha value is -3.93. The third-order valence-corrected chi connectivity index (χ3v) is 4.90. The highest BCUT2D eigenvalue weighted by atomic mass is 16.2. The van der Waals surface area contributed by atoms with E-state index in [0.29, 0.717) is 12.1 Å². The molecule has 150 valence electrons. The minimum atomic E-state index is -0.369. The van der Waals surface area contributed by atoms with E-state index in [4.69, 9.17) is 0 Å². The number of anilines is 1. The molecule has 0 fully saturated rings. The molecule has 0 spiro atoms. The summed E-state index contributed by atoms with van der Waals surface area (Å²) in [6.45, 7) is 4.28. The summed E-state index contributed by atoms with van der Waals surface area (Å²) in [5, 5.41) is 5.80. The molecule has 0 aliphatic rings. The Bertz CT molecular complexity index is 1230. The third-order valence-electron chi connectivity index (χ3n) is 4.90. The first kappa shape index (κ1) is 19.4. The molecule has 0 saturated carbocycles. The monoisotopic (exact) mass is 398 g/mol. The maximum atomic E-state index is 13.0. The molecule has 2 heterocycles. The van der Waals surface area contributed by atoms with Crippen molar-refractivity contribution in [2.24, 2.45) is 0 Å². The number of aromatic nitrogens is 2. The van der Waals surface area contributed by atoms with Crippen LogP contribution in [0.1, 0.15) is 37.8 Å². The first-order valence-electron chi connectivity index (χ1n) is 9.71. The van der Waals surface area contributed by atoms with Crippen LogP contribution in [-0.2, 0) is 6.54 Å². The summed E-state index contributed by atoms with van der Waals surface area (Å²) < 4.78 is 1.64. The van der Waals surface area contributed by atoms with Gasteiger partial charge < -0.3 is 10.6 Å². The summed E-state index contributed by atoms with van der Waals surface area (Å²) in [5.41, 5.74) is 4.51. The normalized spacial score (nSPS) is 10.7. The summed E-state index contributed by atoms with van der Waals surface area (Å²) in [6, 6.07) is 20.9. The standard InChI is InChI=1S/C24H22N4O2/c1-16-11-12-17(2)19(14-16)26-24(30)22-27-21(20-10-6-7-13-28(20)22)23(29)25-15-18-8-4-3-5-9-18/h3-14H,15H2,1-2H3,(H,25,29)(H,26,30). The van der Waals surface area contributed by atoms with E-state index < -0.39 is 0 Å². The van der Waals surface area contributed by atoms with Crippen LogP contribution in [0.4, 0.5) is 5.69 Å². The summed E-state index contributed by atoms with van der Waals surface area (Å²) in [6.07, 6.45) is 1.73. The highest BCUT2D eigenvalue weighted by molar-refractivity contribution is 6.06. The van der Waals surface area contributed by atoms with E-state index in [1.54, 1.807) is 22.7 Å². The summed E-state index contributed by atoms with van der Waals surface area (Å²) in [7, 11) is 0. The van der Waals surface area contributed by atoms with Crippen LogP contribution in [0.5, 0.6) is 0 Å². The molecule has 0 bridgehead atoms. The average molecular weight is 398 g/mol. The van der Waals surface area contributed by atoms with Gasteiger partial charge in [0.05, 0.1) is 5.52 Å². The summed E-state index contributed by atoms with van der Waals surface area (Å²) in [4.78, 5) is 30.2. The molecule has 0 aliphatic heterocycles. The van der Waals surface area contributed by atoms with Gasteiger partial charge in [-0.25, -0.2) is 4.98 Å². The second-order valence-electron chi connectivity index (χ2n) is 7.18. The van der Waals surface area contributed by atoms with Crippen molar-refractivity contribution >= 4 is 23.0 Å². The number of hydrogen-bond donors (Lipinski definition) is 2. The number of imidazole rings is 1. The molecule has 2 aromatic carbocycles. The minimum absolute atomic E-state index is 0.163. The van der Waals surface area contributed by atoms with Crippen LogP contribution in [0.3, 0.4) is 0 Å². The SMILES string of the molecule is Cc1ccc(C)c(NC(=O)c2nc(C(=O)NCc3ccccc3)c3ccccn23)c1. The van der Waals surface area contributed by atoms with Crippen LogP contribution >= 0.6 is 0 Å². The lowest BCUT2D eigenvalue weighted by atomic mass is 10.1. The van der Waals surface area contributed by atoms with Crippen LogP contribution in [0.15, 0.2) is 72.9 Å². The van der Waals surface area contributed by atoms with Gasteiger partial charge in [-0.15, -0.1) is 0 Å². The van der Waals surface area contributed by atoms with Gasteiger partial charge in [-0.05, 0) is 48.7 Å². The molecular formula is C24H22N4O2. The van der Waals surface area contributed by atoms with Gasteiger partial charge in [0, 0.05) is 18.4 Å². The van der Waals surface area contributed by atoms with E-state index in [0.717, 1.165) is 22.4 Å². The topological polar surface area (TPSA) is 75.5 Å². The van der Waals surface area contributed by atoms with Gasteiger partial charge in [-0.2, -0.15) is 0 Å². The van der Waals surface area contributed by atoms with Crippen molar-refractivity contribution in [3.05, 3.63) is 101 Å². The predicted molar refractivity (Wildman–Crippen MR) is 117 cm³/mol. The molecule has 2 amide bonds. The average Bonchev–Trinajstić information content (AvgIpc) is 3.15. The molecule has 0 aliphatic carbocycles. The zero-order valence-corrected chi connectivity index (χ0v) is 16.8. The Morgan fingerprint density at radius 2 is 1.70 bits per heavy atom. The third kappa shape index (κ3) is 3.93. The van der Waals surface area contributed by atoms with Crippen LogP contribution in [0.25, 0.3) is 5.52 Å². The highest BCUT2D eigenvalue weighted by Gasteiger charge is 2.21. The molecule has 0 saturated heterocycles. The Balaban J connectivity index is 1.62. The fourth-order valence-corrected chi connectivity index (χ4v) is 3.28. The zero-order valence-electron chi connectivity index (χ0n) is 16.8. The number of carbonyl (C=O) groups is 2. The van der Waals surface area contributed by atoms with Gasteiger partial charge in [-0.1, -0.05) is 48.5 Å². The minimum Gasteiger partial charge on any atom is -0.347 e. The number of nitrogens with zero attached hydrogens (tertiary/aromatic N) is 2. The number of nitrogens with one attached hydrogen (secondary N) is 2. The number of fused-ring (bicyclic) bond motifs is 1. The lowest BCUT2D eigenvalue weighted by Crippen LogP contribution is -2.23. The summed E-state index contributed by atoms with van der Waals surface area (Å²) >= 11 is 0. The lowest BCUT2D eigenvalue weighted by Gasteiger charge is -2.08. The van der Waals surface area contributed by atoms with Crippen molar-refractivity contribution in [2.75, 3.05) is 5.32 Å². The van der Waals surface area contributed by atoms with E-state index >= 15 is 0 Å². The van der Waals surface area contributed by atoms with Crippen LogP contribution in [-0.4, -0.2) is 21.2 Å². The highest BCUT2D eigenvalue weighted by Crippen LogP contribution is 2.19. The molecule has 4 rings (SSSR count). The fraction of sp³-hybridized carbons (Fsp3) is 0.125. The van der Waals surface area contributed by atoms with E-state index in [9.17, 15) is 9.59 Å². The number of amides is 2. The van der Waals surface area contributed by atoms with Crippen LogP contribution < -0.4 is 10.6 Å². The molecular weight excluding hydrogens is 376 g/mol. The molecule has 6 heteroatoms. The Morgan fingerprint density at radius 1 is 0.933 bits per heavy atom. The van der Waals surface area contributed by atoms with Crippen molar-refractivity contribution in [1.82, 2.24) is 14.7 Å². The molecule has 0 radical (unpaired) electrons. The van der Waals surface area contributed by atoms with Gasteiger partial charge in [0.2, 0.25) is 5.82 Å². The summed E-state index contributed by atoms with van der Waals surface area (Å²) in [5.74, 6) is -0.531. The molecule has 4 aromatic rings. The number of pyridine rings is 1. The largest absolute Gasteiger partial charge is 0.347 e. The Labute approximate surface area is 174 Å². The van der Waals surface area contributed by atoms with Crippen molar-refractivity contribution in [1.29, 1.82) is 0 Å².